The van der Waals surface area contributed by atoms with Gasteiger partial charge in [0, 0.05) is 36.8 Å². The molecule has 1 aromatic heterocycles. The van der Waals surface area contributed by atoms with Crippen LogP contribution >= 0.6 is 35.3 Å². The van der Waals surface area contributed by atoms with E-state index in [-0.39, 0.29) is 23.2 Å². The van der Waals surface area contributed by atoms with Gasteiger partial charge in [-0.05, 0) is 56.6 Å². The van der Waals surface area contributed by atoms with Crippen LogP contribution in [0, 0.1) is 0 Å². The Morgan fingerprint density at radius 1 is 1.03 bits per heavy atom. The van der Waals surface area contributed by atoms with E-state index in [1.165, 1.54) is 27.8 Å². The van der Waals surface area contributed by atoms with Gasteiger partial charge in [0.25, 0.3) is 5.91 Å². The fourth-order valence-electron chi connectivity index (χ4n) is 3.22. The summed E-state index contributed by atoms with van der Waals surface area (Å²) in [6.45, 7) is 5.47. The molecule has 1 heterocycles. The quantitative estimate of drug-likeness (QED) is 0.403. The topological polar surface area (TPSA) is 73.8 Å². The van der Waals surface area contributed by atoms with Crippen LogP contribution in [0.15, 0.2) is 47.4 Å². The van der Waals surface area contributed by atoms with Crippen LogP contribution in [0.25, 0.3) is 10.2 Å². The Labute approximate surface area is 210 Å². The first-order valence-corrected chi connectivity index (χ1v) is 12.9. The number of anilines is 1. The summed E-state index contributed by atoms with van der Waals surface area (Å²) in [5.41, 5.74) is 1.18. The van der Waals surface area contributed by atoms with Crippen molar-refractivity contribution in [2.24, 2.45) is 0 Å². The maximum absolute atomic E-state index is 13.4. The molecule has 33 heavy (non-hydrogen) atoms. The SMILES string of the molecule is CCN(CC)S(=O)(=O)c1ccc(C(=O)N(CCN(C)C)c2nc3ccc(Cl)cc3s2)cc1.Cl. The van der Waals surface area contributed by atoms with Gasteiger partial charge >= 0.3 is 0 Å². The van der Waals surface area contributed by atoms with Gasteiger partial charge in [0.1, 0.15) is 0 Å². The first-order chi connectivity index (χ1) is 15.2. The molecule has 11 heteroatoms. The maximum atomic E-state index is 13.4. The third kappa shape index (κ3) is 6.23. The van der Waals surface area contributed by atoms with Crippen LogP contribution < -0.4 is 4.90 Å². The molecule has 3 rings (SSSR count). The summed E-state index contributed by atoms with van der Waals surface area (Å²) in [6, 6.07) is 11.5. The van der Waals surface area contributed by atoms with E-state index >= 15 is 0 Å². The van der Waals surface area contributed by atoms with Crippen molar-refractivity contribution in [2.45, 2.75) is 18.7 Å². The Morgan fingerprint density at radius 2 is 1.67 bits per heavy atom. The molecule has 0 N–H and O–H groups in total. The molecule has 2 aromatic carbocycles. The fourth-order valence-corrected chi connectivity index (χ4v) is 5.95. The van der Waals surface area contributed by atoms with E-state index in [1.807, 2.05) is 31.1 Å². The van der Waals surface area contributed by atoms with Gasteiger partial charge in [-0.1, -0.05) is 36.8 Å². The number of carbonyl (C=O) groups is 1. The summed E-state index contributed by atoms with van der Waals surface area (Å²) in [6.07, 6.45) is 0. The number of rotatable bonds is 9. The van der Waals surface area contributed by atoms with E-state index < -0.39 is 10.0 Å². The highest BCUT2D eigenvalue weighted by atomic mass is 35.5. The lowest BCUT2D eigenvalue weighted by atomic mass is 10.2. The number of hydrogen-bond donors (Lipinski definition) is 0. The zero-order valence-corrected chi connectivity index (χ0v) is 22.2. The highest BCUT2D eigenvalue weighted by molar-refractivity contribution is 7.89. The Kier molecular flexibility index (Phi) is 9.66. The van der Waals surface area contributed by atoms with E-state index in [1.54, 1.807) is 36.9 Å². The number of hydrogen-bond acceptors (Lipinski definition) is 6. The van der Waals surface area contributed by atoms with Gasteiger partial charge in [0.05, 0.1) is 15.1 Å². The predicted octanol–water partition coefficient (Wildman–Crippen LogP) is 4.61. The van der Waals surface area contributed by atoms with Crippen molar-refractivity contribution in [3.05, 3.63) is 53.1 Å². The molecular weight excluding hydrogens is 503 g/mol. The number of amides is 1. The zero-order valence-electron chi connectivity index (χ0n) is 19.0. The number of carbonyl (C=O) groups excluding carboxylic acids is 1. The fraction of sp³-hybridized carbons (Fsp3) is 0.364. The standard InChI is InChI=1S/C22H27ClN4O3S2.ClH/c1-5-26(6-2)32(29,30)18-10-7-16(8-11-18)21(28)27(14-13-25(3)4)22-24-19-12-9-17(23)15-20(19)31-22;/h7-12,15H,5-6,13-14H2,1-4H3;1H. The van der Waals surface area contributed by atoms with Crippen LogP contribution in [-0.2, 0) is 10.0 Å². The number of sulfonamides is 1. The van der Waals surface area contributed by atoms with Gasteiger partial charge in [0.2, 0.25) is 10.0 Å². The van der Waals surface area contributed by atoms with Crippen LogP contribution in [0.4, 0.5) is 5.13 Å². The van der Waals surface area contributed by atoms with Crippen molar-refractivity contribution < 1.29 is 13.2 Å². The number of fused-ring (bicyclic) bond motifs is 1. The zero-order chi connectivity index (χ0) is 23.5. The molecular formula is C22H28Cl2N4O3S2. The molecule has 0 saturated carbocycles. The molecule has 7 nitrogen and oxygen atoms in total. The first kappa shape index (κ1) is 27.5. The maximum Gasteiger partial charge on any atom is 0.260 e. The molecule has 0 bridgehead atoms. The van der Waals surface area contributed by atoms with Crippen molar-refractivity contribution in [3.8, 4) is 0 Å². The average molecular weight is 532 g/mol. The molecule has 0 aliphatic heterocycles. The first-order valence-electron chi connectivity index (χ1n) is 10.3. The lowest BCUT2D eigenvalue weighted by molar-refractivity contribution is 0.0985. The molecule has 0 aliphatic carbocycles. The summed E-state index contributed by atoms with van der Waals surface area (Å²) in [4.78, 5) is 21.8. The molecule has 0 saturated heterocycles. The minimum atomic E-state index is -3.58. The Balaban J connectivity index is 0.00000385. The van der Waals surface area contributed by atoms with Crippen LogP contribution in [0.5, 0.6) is 0 Å². The summed E-state index contributed by atoms with van der Waals surface area (Å²) in [7, 11) is 0.296. The molecule has 3 aromatic rings. The van der Waals surface area contributed by atoms with E-state index in [0.717, 1.165) is 10.2 Å². The van der Waals surface area contributed by atoms with E-state index in [9.17, 15) is 13.2 Å². The number of likely N-dealkylation sites (N-methyl/N-ethyl adjacent to an activating group) is 1. The van der Waals surface area contributed by atoms with E-state index in [0.29, 0.717) is 41.9 Å². The smallest absolute Gasteiger partial charge is 0.260 e. The third-order valence-corrected chi connectivity index (χ3v) is 8.37. The number of halogens is 2. The normalized spacial score (nSPS) is 11.7. The second-order valence-corrected chi connectivity index (χ2v) is 10.9. The Hall–Kier alpha value is -1.75. The number of thiazole rings is 1. The summed E-state index contributed by atoms with van der Waals surface area (Å²) >= 11 is 7.50. The number of benzene rings is 2. The van der Waals surface area contributed by atoms with Gasteiger partial charge in [-0.15, -0.1) is 12.4 Å². The molecule has 180 valence electrons. The summed E-state index contributed by atoms with van der Waals surface area (Å²) in [5.74, 6) is -0.233. The minimum absolute atomic E-state index is 0. The Morgan fingerprint density at radius 3 is 2.24 bits per heavy atom. The van der Waals surface area contributed by atoms with Gasteiger partial charge in [-0.25, -0.2) is 13.4 Å². The predicted molar refractivity (Wildman–Crippen MR) is 139 cm³/mol. The highest BCUT2D eigenvalue weighted by Crippen LogP contribution is 2.31. The molecule has 1 amide bonds. The summed E-state index contributed by atoms with van der Waals surface area (Å²) in [5, 5.41) is 1.19. The van der Waals surface area contributed by atoms with Crippen molar-refractivity contribution in [1.82, 2.24) is 14.2 Å². The van der Waals surface area contributed by atoms with Crippen molar-refractivity contribution in [2.75, 3.05) is 45.2 Å². The number of aromatic nitrogens is 1. The van der Waals surface area contributed by atoms with Crippen molar-refractivity contribution >= 4 is 66.6 Å². The van der Waals surface area contributed by atoms with Gasteiger partial charge in [-0.3, -0.25) is 9.69 Å². The van der Waals surface area contributed by atoms with Crippen LogP contribution in [0.2, 0.25) is 5.02 Å². The molecule has 0 aliphatic rings. The largest absolute Gasteiger partial charge is 0.308 e. The Bertz CT molecular complexity index is 1190. The highest BCUT2D eigenvalue weighted by Gasteiger charge is 2.24. The third-order valence-electron chi connectivity index (χ3n) is 5.03. The lowest BCUT2D eigenvalue weighted by Gasteiger charge is -2.22. The minimum Gasteiger partial charge on any atom is -0.308 e. The van der Waals surface area contributed by atoms with E-state index in [2.05, 4.69) is 4.98 Å². The van der Waals surface area contributed by atoms with Gasteiger partial charge < -0.3 is 4.90 Å². The van der Waals surface area contributed by atoms with E-state index in [4.69, 9.17) is 11.6 Å². The van der Waals surface area contributed by atoms with Crippen LogP contribution in [-0.4, -0.2) is 68.8 Å². The average Bonchev–Trinajstić information content (AvgIpc) is 3.17. The summed E-state index contributed by atoms with van der Waals surface area (Å²) < 4.78 is 27.8. The molecule has 0 atom stereocenters. The van der Waals surface area contributed by atoms with Gasteiger partial charge in [0.15, 0.2) is 5.13 Å². The lowest BCUT2D eigenvalue weighted by Crippen LogP contribution is -2.36. The second kappa shape index (κ2) is 11.6. The van der Waals surface area contributed by atoms with Crippen LogP contribution in [0.3, 0.4) is 0 Å². The molecule has 0 radical (unpaired) electrons. The molecule has 0 spiro atoms. The van der Waals surface area contributed by atoms with Crippen LogP contribution in [0.1, 0.15) is 24.2 Å². The second-order valence-electron chi connectivity index (χ2n) is 7.48. The van der Waals surface area contributed by atoms with Gasteiger partial charge in [-0.2, -0.15) is 4.31 Å². The van der Waals surface area contributed by atoms with Crippen molar-refractivity contribution in [3.63, 3.8) is 0 Å². The molecule has 0 unspecified atom stereocenters. The molecule has 0 fully saturated rings. The monoisotopic (exact) mass is 530 g/mol. The number of nitrogens with zero attached hydrogens (tertiary/aromatic N) is 4. The van der Waals surface area contributed by atoms with Crippen molar-refractivity contribution in [1.29, 1.82) is 0 Å².